The van der Waals surface area contributed by atoms with E-state index in [2.05, 4.69) is 22.0 Å². The largest absolute Gasteiger partial charge is 0.508 e. The molecule has 1 aliphatic rings. The quantitative estimate of drug-likeness (QED) is 0.371. The maximum Gasteiger partial charge on any atom is 0.247 e. The molecular weight excluding hydrogens is 434 g/mol. The van der Waals surface area contributed by atoms with E-state index >= 15 is 0 Å². The molecule has 0 bridgehead atoms. The number of nitrogens with zero attached hydrogens (tertiary/aromatic N) is 3. The van der Waals surface area contributed by atoms with E-state index in [0.29, 0.717) is 11.8 Å². The van der Waals surface area contributed by atoms with Gasteiger partial charge in [0.25, 0.3) is 0 Å². The van der Waals surface area contributed by atoms with Crippen LogP contribution in [0.2, 0.25) is 0 Å². The molecule has 0 saturated carbocycles. The number of phenols is 1. The fourth-order valence-corrected chi connectivity index (χ4v) is 5.11. The molecule has 1 fully saturated rings. The van der Waals surface area contributed by atoms with Crippen molar-refractivity contribution in [2.24, 2.45) is 0 Å². The molecule has 1 aromatic heterocycles. The fourth-order valence-electron chi connectivity index (χ4n) is 4.16. The summed E-state index contributed by atoms with van der Waals surface area (Å²) in [6.45, 7) is 6.35. The number of likely N-dealkylation sites (tertiary alicyclic amines) is 1. The van der Waals surface area contributed by atoms with Gasteiger partial charge in [0.05, 0.1) is 6.61 Å². The summed E-state index contributed by atoms with van der Waals surface area (Å²) in [6.07, 6.45) is 6.42. The molecule has 1 saturated heterocycles. The predicted molar refractivity (Wildman–Crippen MR) is 133 cm³/mol. The van der Waals surface area contributed by atoms with Gasteiger partial charge in [0.2, 0.25) is 11.8 Å². The van der Waals surface area contributed by atoms with Crippen molar-refractivity contribution >= 4 is 11.8 Å². The van der Waals surface area contributed by atoms with Gasteiger partial charge in [-0.3, -0.25) is 0 Å². The normalized spacial score (nSPS) is 15.8. The summed E-state index contributed by atoms with van der Waals surface area (Å²) in [5, 5.41) is 18.6. The van der Waals surface area contributed by atoms with E-state index in [0.717, 1.165) is 42.2 Å². The van der Waals surface area contributed by atoms with Crippen molar-refractivity contribution in [2.45, 2.75) is 44.3 Å². The van der Waals surface area contributed by atoms with Gasteiger partial charge in [0.1, 0.15) is 16.7 Å². The second-order valence-electron chi connectivity index (χ2n) is 8.32. The molecule has 0 radical (unpaired) electrons. The van der Waals surface area contributed by atoms with Crippen molar-refractivity contribution in [1.29, 1.82) is 0 Å². The van der Waals surface area contributed by atoms with Gasteiger partial charge >= 0.3 is 0 Å². The van der Waals surface area contributed by atoms with Crippen LogP contribution in [0.4, 0.5) is 0 Å². The zero-order chi connectivity index (χ0) is 22.9. The highest BCUT2D eigenvalue weighted by atomic mass is 32.2. The number of aromatic nitrogens is 2. The Kier molecular flexibility index (Phi) is 8.66. The van der Waals surface area contributed by atoms with Gasteiger partial charge in [-0.25, -0.2) is 0 Å². The lowest BCUT2D eigenvalue weighted by molar-refractivity contribution is 0.240. The summed E-state index contributed by atoms with van der Waals surface area (Å²) in [7, 11) is 0. The number of thioether (sulfide) groups is 1. The van der Waals surface area contributed by atoms with Gasteiger partial charge in [-0.15, -0.1) is 22.0 Å². The van der Waals surface area contributed by atoms with E-state index in [1.165, 1.54) is 38.8 Å². The predicted octanol–water partition coefficient (Wildman–Crippen LogP) is 5.93. The summed E-state index contributed by atoms with van der Waals surface area (Å²) in [4.78, 5) is 2.56. The molecule has 1 N–H and O–H groups in total. The SMILES string of the molecule is CCSC(c1nnc(-c2ccc(OCCCN3CCCCCC3)cc2)o1)c1ccccc1O. The molecule has 1 aliphatic heterocycles. The van der Waals surface area contributed by atoms with Crippen LogP contribution in [0.3, 0.4) is 0 Å². The minimum Gasteiger partial charge on any atom is -0.508 e. The molecule has 33 heavy (non-hydrogen) atoms. The summed E-state index contributed by atoms with van der Waals surface area (Å²) in [5.41, 5.74) is 1.63. The third-order valence-corrected chi connectivity index (χ3v) is 7.03. The molecule has 7 heteroatoms. The average Bonchev–Trinajstić information content (AvgIpc) is 3.18. The standard InChI is InChI=1S/C26H33N3O3S/c1-2-33-24(22-10-5-6-11-23(22)30)26-28-27-25(32-26)20-12-14-21(15-13-20)31-19-9-18-29-16-7-3-4-8-17-29/h5-6,10-15,24,30H,2-4,7-9,16-19H2,1H3. The molecule has 1 atom stereocenters. The summed E-state index contributed by atoms with van der Waals surface area (Å²) < 4.78 is 12.0. The van der Waals surface area contributed by atoms with Crippen molar-refractivity contribution in [3.05, 3.63) is 60.0 Å². The molecule has 2 aromatic carbocycles. The lowest BCUT2D eigenvalue weighted by atomic mass is 10.1. The summed E-state index contributed by atoms with van der Waals surface area (Å²) in [5.74, 6) is 2.91. The highest BCUT2D eigenvalue weighted by molar-refractivity contribution is 7.99. The fraction of sp³-hybridized carbons (Fsp3) is 0.462. The smallest absolute Gasteiger partial charge is 0.247 e. The second-order valence-corrected chi connectivity index (χ2v) is 9.70. The van der Waals surface area contributed by atoms with E-state index in [4.69, 9.17) is 9.15 Å². The van der Waals surface area contributed by atoms with Crippen LogP contribution in [-0.4, -0.2) is 52.2 Å². The second kappa shape index (κ2) is 12.1. The van der Waals surface area contributed by atoms with Crippen LogP contribution in [0.1, 0.15) is 55.7 Å². The first-order valence-electron chi connectivity index (χ1n) is 11.9. The monoisotopic (exact) mass is 467 g/mol. The Morgan fingerprint density at radius 2 is 1.79 bits per heavy atom. The van der Waals surface area contributed by atoms with Crippen LogP contribution in [0.15, 0.2) is 52.9 Å². The number of ether oxygens (including phenoxy) is 1. The van der Waals surface area contributed by atoms with E-state index in [1.807, 2.05) is 42.5 Å². The van der Waals surface area contributed by atoms with Crippen molar-refractivity contribution in [2.75, 3.05) is 32.0 Å². The van der Waals surface area contributed by atoms with Gasteiger partial charge in [-0.2, -0.15) is 0 Å². The maximum atomic E-state index is 10.3. The van der Waals surface area contributed by atoms with E-state index in [-0.39, 0.29) is 11.0 Å². The molecule has 176 valence electrons. The molecule has 0 amide bonds. The zero-order valence-corrected chi connectivity index (χ0v) is 20.1. The first-order chi connectivity index (χ1) is 16.2. The minimum absolute atomic E-state index is 0.204. The molecule has 6 nitrogen and oxygen atoms in total. The van der Waals surface area contributed by atoms with Gasteiger partial charge in [-0.05, 0) is 68.4 Å². The van der Waals surface area contributed by atoms with Crippen LogP contribution < -0.4 is 4.74 Å². The highest BCUT2D eigenvalue weighted by Gasteiger charge is 2.24. The van der Waals surface area contributed by atoms with Gasteiger partial charge < -0.3 is 19.2 Å². The Balaban J connectivity index is 1.34. The minimum atomic E-state index is -0.204. The Morgan fingerprint density at radius 1 is 1.03 bits per heavy atom. The number of hydrogen-bond acceptors (Lipinski definition) is 7. The maximum absolute atomic E-state index is 10.3. The van der Waals surface area contributed by atoms with E-state index < -0.39 is 0 Å². The zero-order valence-electron chi connectivity index (χ0n) is 19.3. The van der Waals surface area contributed by atoms with Crippen molar-refractivity contribution in [1.82, 2.24) is 15.1 Å². The third-order valence-electron chi connectivity index (χ3n) is 5.90. The third kappa shape index (κ3) is 6.51. The van der Waals surface area contributed by atoms with Crippen LogP contribution in [-0.2, 0) is 0 Å². The Bertz CT molecular complexity index is 984. The number of aromatic hydroxyl groups is 1. The van der Waals surface area contributed by atoms with Crippen molar-refractivity contribution in [3.63, 3.8) is 0 Å². The number of hydrogen-bond donors (Lipinski definition) is 1. The summed E-state index contributed by atoms with van der Waals surface area (Å²) >= 11 is 1.65. The highest BCUT2D eigenvalue weighted by Crippen LogP contribution is 2.39. The Morgan fingerprint density at radius 3 is 2.52 bits per heavy atom. The van der Waals surface area contributed by atoms with Gasteiger partial charge in [0, 0.05) is 17.7 Å². The van der Waals surface area contributed by atoms with Crippen LogP contribution in [0.25, 0.3) is 11.5 Å². The Hall–Kier alpha value is -2.51. The van der Waals surface area contributed by atoms with Crippen LogP contribution >= 0.6 is 11.8 Å². The van der Waals surface area contributed by atoms with E-state index in [1.54, 1.807) is 17.8 Å². The van der Waals surface area contributed by atoms with Crippen LogP contribution in [0.5, 0.6) is 11.5 Å². The lowest BCUT2D eigenvalue weighted by Gasteiger charge is -2.19. The number of rotatable bonds is 10. The number of phenolic OH excluding ortho intramolecular Hbond substituents is 1. The van der Waals surface area contributed by atoms with Crippen molar-refractivity contribution in [3.8, 4) is 23.0 Å². The molecule has 4 rings (SSSR count). The average molecular weight is 468 g/mol. The number of para-hydroxylation sites is 1. The van der Waals surface area contributed by atoms with Gasteiger partial charge in [-0.1, -0.05) is 38.0 Å². The molecule has 2 heterocycles. The topological polar surface area (TPSA) is 71.6 Å². The van der Waals surface area contributed by atoms with E-state index in [9.17, 15) is 5.11 Å². The van der Waals surface area contributed by atoms with Gasteiger partial charge in [0.15, 0.2) is 0 Å². The molecule has 0 spiro atoms. The van der Waals surface area contributed by atoms with Crippen molar-refractivity contribution < 1.29 is 14.3 Å². The molecule has 0 aliphatic carbocycles. The summed E-state index contributed by atoms with van der Waals surface area (Å²) in [6, 6.07) is 15.1. The molecular formula is C26H33N3O3S. The molecule has 3 aromatic rings. The first kappa shape index (κ1) is 23.6. The van der Waals surface area contributed by atoms with Crippen LogP contribution in [0, 0.1) is 0 Å². The Labute approximate surface area is 200 Å². The molecule has 1 unspecified atom stereocenters. The first-order valence-corrected chi connectivity index (χ1v) is 13.0. The number of benzene rings is 2. The lowest BCUT2D eigenvalue weighted by Crippen LogP contribution is -2.26.